The Morgan fingerprint density at radius 1 is 1.29 bits per heavy atom. The molecular weight excluding hydrogens is 266 g/mol. The highest BCUT2D eigenvalue weighted by molar-refractivity contribution is 5.96. The van der Waals surface area contributed by atoms with E-state index in [1.807, 2.05) is 25.7 Å². The molecule has 2 rings (SSSR count). The molecule has 5 heteroatoms. The molecule has 0 radical (unpaired) electrons. The lowest BCUT2D eigenvalue weighted by Gasteiger charge is -2.19. The Balaban J connectivity index is 2.14. The minimum absolute atomic E-state index is 0.0864. The number of amides is 1. The van der Waals surface area contributed by atoms with Crippen molar-refractivity contribution in [1.82, 2.24) is 14.9 Å². The molecule has 1 aromatic rings. The molecule has 0 aliphatic carbocycles. The summed E-state index contributed by atoms with van der Waals surface area (Å²) in [7, 11) is 0. The molecule has 1 amide bonds. The summed E-state index contributed by atoms with van der Waals surface area (Å²) < 4.78 is 5.48. The van der Waals surface area contributed by atoms with Crippen molar-refractivity contribution in [2.45, 2.75) is 40.0 Å². The fourth-order valence-electron chi connectivity index (χ4n) is 2.84. The van der Waals surface area contributed by atoms with Gasteiger partial charge in [-0.05, 0) is 26.2 Å². The molecular formula is C16H25N3O2. The quantitative estimate of drug-likeness (QED) is 0.805. The lowest BCUT2D eigenvalue weighted by Crippen LogP contribution is -2.31. The number of likely N-dealkylation sites (tertiary alicyclic amines) is 1. The van der Waals surface area contributed by atoms with E-state index in [1.54, 1.807) is 6.33 Å². The van der Waals surface area contributed by atoms with Crippen LogP contribution in [-0.4, -0.2) is 47.1 Å². The molecule has 0 saturated carbocycles. The third-order valence-electron chi connectivity index (χ3n) is 4.02. The van der Waals surface area contributed by atoms with Gasteiger partial charge in [-0.15, -0.1) is 0 Å². The lowest BCUT2D eigenvalue weighted by molar-refractivity contribution is 0.0759. The highest BCUT2D eigenvalue weighted by Gasteiger charge is 2.29. The molecule has 0 aromatic carbocycles. The van der Waals surface area contributed by atoms with Gasteiger partial charge in [-0.1, -0.05) is 13.8 Å². The SMILES string of the molecule is CCOC[C@H]1CCN(C(=O)c2c(CC)ncnc2CC)C1. The maximum Gasteiger partial charge on any atom is 0.257 e. The van der Waals surface area contributed by atoms with Gasteiger partial charge in [0, 0.05) is 25.6 Å². The summed E-state index contributed by atoms with van der Waals surface area (Å²) in [5, 5.41) is 0. The molecule has 1 saturated heterocycles. The molecule has 116 valence electrons. The maximum atomic E-state index is 12.8. The van der Waals surface area contributed by atoms with Crippen molar-refractivity contribution in [2.75, 3.05) is 26.3 Å². The van der Waals surface area contributed by atoms with E-state index in [9.17, 15) is 4.79 Å². The van der Waals surface area contributed by atoms with Crippen LogP contribution in [0.2, 0.25) is 0 Å². The minimum atomic E-state index is 0.0864. The molecule has 0 bridgehead atoms. The average Bonchev–Trinajstić information content (AvgIpc) is 3.00. The monoisotopic (exact) mass is 291 g/mol. The van der Waals surface area contributed by atoms with E-state index in [-0.39, 0.29) is 5.91 Å². The van der Waals surface area contributed by atoms with E-state index >= 15 is 0 Å². The molecule has 1 aromatic heterocycles. The maximum absolute atomic E-state index is 12.8. The lowest BCUT2D eigenvalue weighted by atomic mass is 10.1. The molecule has 1 atom stereocenters. The van der Waals surface area contributed by atoms with Crippen LogP contribution in [0.5, 0.6) is 0 Å². The molecule has 1 fully saturated rings. The predicted molar refractivity (Wildman–Crippen MR) is 81.3 cm³/mol. The molecule has 0 spiro atoms. The first-order valence-electron chi connectivity index (χ1n) is 7.90. The van der Waals surface area contributed by atoms with E-state index in [1.165, 1.54) is 0 Å². The van der Waals surface area contributed by atoms with Crippen molar-refractivity contribution in [3.63, 3.8) is 0 Å². The van der Waals surface area contributed by atoms with Crippen LogP contribution >= 0.6 is 0 Å². The molecule has 0 N–H and O–H groups in total. The number of hydrogen-bond acceptors (Lipinski definition) is 4. The number of rotatable bonds is 6. The number of carbonyl (C=O) groups is 1. The van der Waals surface area contributed by atoms with Crippen LogP contribution in [0.1, 0.15) is 48.9 Å². The Bertz CT molecular complexity index is 468. The van der Waals surface area contributed by atoms with Crippen molar-refractivity contribution < 1.29 is 9.53 Å². The zero-order valence-corrected chi connectivity index (χ0v) is 13.3. The number of ether oxygens (including phenoxy) is 1. The largest absolute Gasteiger partial charge is 0.381 e. The summed E-state index contributed by atoms with van der Waals surface area (Å²) in [5.41, 5.74) is 2.44. The van der Waals surface area contributed by atoms with Crippen LogP contribution in [0.15, 0.2) is 6.33 Å². The van der Waals surface area contributed by atoms with Crippen molar-refractivity contribution in [1.29, 1.82) is 0 Å². The van der Waals surface area contributed by atoms with Gasteiger partial charge in [-0.25, -0.2) is 9.97 Å². The average molecular weight is 291 g/mol. The summed E-state index contributed by atoms with van der Waals surface area (Å²) >= 11 is 0. The highest BCUT2D eigenvalue weighted by atomic mass is 16.5. The van der Waals surface area contributed by atoms with E-state index < -0.39 is 0 Å². The van der Waals surface area contributed by atoms with Gasteiger partial charge in [0.25, 0.3) is 5.91 Å². The van der Waals surface area contributed by atoms with E-state index in [2.05, 4.69) is 9.97 Å². The van der Waals surface area contributed by atoms with Gasteiger partial charge in [0.2, 0.25) is 0 Å². The van der Waals surface area contributed by atoms with Crippen molar-refractivity contribution in [3.05, 3.63) is 23.3 Å². The second-order valence-corrected chi connectivity index (χ2v) is 5.41. The van der Waals surface area contributed by atoms with Gasteiger partial charge in [0.15, 0.2) is 0 Å². The van der Waals surface area contributed by atoms with Gasteiger partial charge in [0.05, 0.1) is 23.6 Å². The number of aromatic nitrogens is 2. The fourth-order valence-corrected chi connectivity index (χ4v) is 2.84. The summed E-state index contributed by atoms with van der Waals surface area (Å²) in [6.45, 7) is 9.11. The van der Waals surface area contributed by atoms with Crippen LogP contribution in [0, 0.1) is 5.92 Å². The summed E-state index contributed by atoms with van der Waals surface area (Å²) in [6.07, 6.45) is 4.10. The summed E-state index contributed by atoms with van der Waals surface area (Å²) in [5.74, 6) is 0.539. The van der Waals surface area contributed by atoms with Gasteiger partial charge in [-0.2, -0.15) is 0 Å². The molecule has 5 nitrogen and oxygen atoms in total. The summed E-state index contributed by atoms with van der Waals surface area (Å²) in [6, 6.07) is 0. The number of carbonyl (C=O) groups excluding carboxylic acids is 1. The van der Waals surface area contributed by atoms with Crippen molar-refractivity contribution in [3.8, 4) is 0 Å². The first kappa shape index (κ1) is 15.9. The Kier molecular flexibility index (Phi) is 5.67. The van der Waals surface area contributed by atoms with Crippen LogP contribution < -0.4 is 0 Å². The number of hydrogen-bond donors (Lipinski definition) is 0. The van der Waals surface area contributed by atoms with Crippen LogP contribution in [0.25, 0.3) is 0 Å². The number of nitrogens with zero attached hydrogens (tertiary/aromatic N) is 3. The van der Waals surface area contributed by atoms with Gasteiger partial charge >= 0.3 is 0 Å². The Morgan fingerprint density at radius 3 is 2.52 bits per heavy atom. The van der Waals surface area contributed by atoms with Gasteiger partial charge < -0.3 is 9.64 Å². The van der Waals surface area contributed by atoms with Crippen molar-refractivity contribution >= 4 is 5.91 Å². The fraction of sp³-hybridized carbons (Fsp3) is 0.688. The Hall–Kier alpha value is -1.49. The molecule has 1 aliphatic heterocycles. The molecule has 0 unspecified atom stereocenters. The zero-order chi connectivity index (χ0) is 15.2. The second-order valence-electron chi connectivity index (χ2n) is 5.41. The first-order chi connectivity index (χ1) is 10.2. The topological polar surface area (TPSA) is 55.3 Å². The van der Waals surface area contributed by atoms with E-state index in [0.29, 0.717) is 5.92 Å². The normalized spacial score (nSPS) is 18.2. The smallest absolute Gasteiger partial charge is 0.257 e. The third kappa shape index (κ3) is 3.59. The molecule has 21 heavy (non-hydrogen) atoms. The van der Waals surface area contributed by atoms with Crippen molar-refractivity contribution in [2.24, 2.45) is 5.92 Å². The standard InChI is InChI=1S/C16H25N3O2/c1-4-13-15(14(5-2)18-11-17-13)16(20)19-8-7-12(9-19)10-21-6-3/h11-12H,4-10H2,1-3H3/t12-/m0/s1. The van der Waals surface area contributed by atoms with Gasteiger partial charge in [-0.3, -0.25) is 4.79 Å². The van der Waals surface area contributed by atoms with E-state index in [0.717, 1.165) is 62.5 Å². The summed E-state index contributed by atoms with van der Waals surface area (Å²) in [4.78, 5) is 23.3. The minimum Gasteiger partial charge on any atom is -0.381 e. The van der Waals surface area contributed by atoms with Crippen LogP contribution in [-0.2, 0) is 17.6 Å². The third-order valence-corrected chi connectivity index (χ3v) is 4.02. The predicted octanol–water partition coefficient (Wildman–Crippen LogP) is 2.10. The number of aryl methyl sites for hydroxylation is 2. The highest BCUT2D eigenvalue weighted by Crippen LogP contribution is 2.22. The first-order valence-corrected chi connectivity index (χ1v) is 7.90. The zero-order valence-electron chi connectivity index (χ0n) is 13.3. The molecule has 1 aliphatic rings. The van der Waals surface area contributed by atoms with Gasteiger partial charge in [0.1, 0.15) is 6.33 Å². The Morgan fingerprint density at radius 2 is 1.95 bits per heavy atom. The second kappa shape index (κ2) is 7.50. The van der Waals surface area contributed by atoms with Crippen LogP contribution in [0.4, 0.5) is 0 Å². The van der Waals surface area contributed by atoms with E-state index in [4.69, 9.17) is 4.74 Å². The molecule has 2 heterocycles. The Labute approximate surface area is 126 Å². The van der Waals surface area contributed by atoms with Crippen LogP contribution in [0.3, 0.4) is 0 Å².